The molecular weight excluding hydrogens is 316 g/mol. The summed E-state index contributed by atoms with van der Waals surface area (Å²) in [6.07, 6.45) is 5.07. The Morgan fingerprint density at radius 2 is 1.88 bits per heavy atom. The quantitative estimate of drug-likeness (QED) is 0.771. The van der Waals surface area contributed by atoms with Gasteiger partial charge in [-0.1, -0.05) is 30.3 Å². The number of ether oxygens (including phenoxy) is 1. The van der Waals surface area contributed by atoms with E-state index in [9.17, 15) is 9.59 Å². The summed E-state index contributed by atoms with van der Waals surface area (Å²) in [4.78, 5) is 29.1. The van der Waals surface area contributed by atoms with Gasteiger partial charge in [-0.05, 0) is 51.1 Å². The van der Waals surface area contributed by atoms with Gasteiger partial charge in [0.05, 0.1) is 6.54 Å². The summed E-state index contributed by atoms with van der Waals surface area (Å²) in [5.41, 5.74) is 0.985. The molecule has 1 amide bonds. The number of amides is 1. The molecule has 3 rings (SSSR count). The van der Waals surface area contributed by atoms with Crippen LogP contribution in [0.4, 0.5) is 0 Å². The first-order chi connectivity index (χ1) is 12.1. The van der Waals surface area contributed by atoms with Crippen LogP contribution in [-0.2, 0) is 20.9 Å². The second-order valence-corrected chi connectivity index (χ2v) is 7.15. The average molecular weight is 344 g/mol. The van der Waals surface area contributed by atoms with E-state index >= 15 is 0 Å². The van der Waals surface area contributed by atoms with Crippen molar-refractivity contribution in [2.75, 3.05) is 19.6 Å². The fourth-order valence-corrected chi connectivity index (χ4v) is 3.84. The highest BCUT2D eigenvalue weighted by molar-refractivity contribution is 5.81. The molecule has 1 aromatic carbocycles. The summed E-state index contributed by atoms with van der Waals surface area (Å²) in [5, 5.41) is 0. The van der Waals surface area contributed by atoms with E-state index in [0.29, 0.717) is 19.2 Å². The van der Waals surface area contributed by atoms with Gasteiger partial charge in [0.1, 0.15) is 12.6 Å². The number of benzene rings is 1. The second kappa shape index (κ2) is 8.48. The summed E-state index contributed by atoms with van der Waals surface area (Å²) >= 11 is 0. The predicted molar refractivity (Wildman–Crippen MR) is 95.9 cm³/mol. The zero-order chi connectivity index (χ0) is 17.6. The lowest BCUT2D eigenvalue weighted by atomic mass is 10.0. The molecule has 1 aromatic rings. The number of hydrogen-bond donors (Lipinski definition) is 0. The van der Waals surface area contributed by atoms with Gasteiger partial charge < -0.3 is 9.64 Å². The third-order valence-electron chi connectivity index (χ3n) is 5.32. The van der Waals surface area contributed by atoms with E-state index in [1.54, 1.807) is 0 Å². The largest absolute Gasteiger partial charge is 0.460 e. The van der Waals surface area contributed by atoms with Gasteiger partial charge >= 0.3 is 5.97 Å². The fourth-order valence-electron chi connectivity index (χ4n) is 3.84. The number of esters is 1. The van der Waals surface area contributed by atoms with Crippen LogP contribution < -0.4 is 0 Å². The van der Waals surface area contributed by atoms with Crippen molar-refractivity contribution >= 4 is 11.9 Å². The van der Waals surface area contributed by atoms with Crippen molar-refractivity contribution in [2.24, 2.45) is 0 Å². The summed E-state index contributed by atoms with van der Waals surface area (Å²) in [6.45, 7) is 4.37. The van der Waals surface area contributed by atoms with E-state index < -0.39 is 0 Å². The van der Waals surface area contributed by atoms with Crippen LogP contribution in [-0.4, -0.2) is 53.4 Å². The molecule has 0 radical (unpaired) electrons. The lowest BCUT2D eigenvalue weighted by molar-refractivity contribution is -0.151. The predicted octanol–water partition coefficient (Wildman–Crippen LogP) is 2.60. The molecule has 0 aromatic heterocycles. The number of likely N-dealkylation sites (tertiary alicyclic amines) is 2. The Morgan fingerprint density at radius 3 is 2.64 bits per heavy atom. The monoisotopic (exact) mass is 344 g/mol. The topological polar surface area (TPSA) is 49.9 Å². The Balaban J connectivity index is 1.52. The molecule has 0 bridgehead atoms. The van der Waals surface area contributed by atoms with Gasteiger partial charge in [-0.3, -0.25) is 14.5 Å². The van der Waals surface area contributed by atoms with Gasteiger partial charge in [-0.25, -0.2) is 0 Å². The van der Waals surface area contributed by atoms with Crippen LogP contribution in [0.15, 0.2) is 30.3 Å². The van der Waals surface area contributed by atoms with E-state index in [2.05, 4.69) is 6.92 Å². The van der Waals surface area contributed by atoms with Crippen molar-refractivity contribution in [2.45, 2.75) is 57.7 Å². The van der Waals surface area contributed by atoms with Gasteiger partial charge in [-0.15, -0.1) is 0 Å². The lowest BCUT2D eigenvalue weighted by Crippen LogP contribution is -2.49. The van der Waals surface area contributed by atoms with Crippen LogP contribution in [0.3, 0.4) is 0 Å². The number of carbonyl (C=O) groups excluding carboxylic acids is 2. The molecule has 136 valence electrons. The number of piperidine rings is 1. The van der Waals surface area contributed by atoms with Crippen molar-refractivity contribution in [3.8, 4) is 0 Å². The number of carbonyl (C=O) groups is 2. The smallest absolute Gasteiger partial charge is 0.323 e. The van der Waals surface area contributed by atoms with Crippen LogP contribution >= 0.6 is 0 Å². The highest BCUT2D eigenvalue weighted by Crippen LogP contribution is 2.21. The molecule has 25 heavy (non-hydrogen) atoms. The molecule has 0 spiro atoms. The second-order valence-electron chi connectivity index (χ2n) is 7.15. The minimum Gasteiger partial charge on any atom is -0.460 e. The summed E-state index contributed by atoms with van der Waals surface area (Å²) in [7, 11) is 0. The zero-order valence-corrected chi connectivity index (χ0v) is 15.0. The minimum atomic E-state index is -0.284. The molecule has 2 heterocycles. The van der Waals surface area contributed by atoms with Crippen molar-refractivity contribution in [1.82, 2.24) is 9.80 Å². The van der Waals surface area contributed by atoms with E-state index in [1.165, 1.54) is 6.42 Å². The molecule has 0 saturated carbocycles. The summed E-state index contributed by atoms with van der Waals surface area (Å²) in [6, 6.07) is 9.73. The maximum atomic E-state index is 12.6. The highest BCUT2D eigenvalue weighted by Gasteiger charge is 2.35. The standard InChI is InChI=1S/C20H28N2O3/c1-16-8-5-6-13-22(16)19(23)14-21-12-7-11-18(21)20(24)25-15-17-9-3-2-4-10-17/h2-4,9-10,16,18H,5-8,11-15H2,1H3. The van der Waals surface area contributed by atoms with Crippen LogP contribution in [0.2, 0.25) is 0 Å². The molecule has 2 fully saturated rings. The molecule has 2 aliphatic rings. The maximum absolute atomic E-state index is 12.6. The molecule has 2 atom stereocenters. The normalized spacial score (nSPS) is 24.3. The molecule has 0 aliphatic carbocycles. The highest BCUT2D eigenvalue weighted by atomic mass is 16.5. The lowest BCUT2D eigenvalue weighted by Gasteiger charge is -2.35. The van der Waals surface area contributed by atoms with Crippen LogP contribution in [0, 0.1) is 0 Å². The molecular formula is C20H28N2O3. The SMILES string of the molecule is CC1CCCCN1C(=O)CN1CCCC1C(=O)OCc1ccccc1. The van der Waals surface area contributed by atoms with Crippen LogP contribution in [0.5, 0.6) is 0 Å². The average Bonchev–Trinajstić information content (AvgIpc) is 3.09. The van der Waals surface area contributed by atoms with E-state index in [0.717, 1.165) is 44.3 Å². The molecule has 5 heteroatoms. The van der Waals surface area contributed by atoms with Crippen molar-refractivity contribution in [3.63, 3.8) is 0 Å². The fraction of sp³-hybridized carbons (Fsp3) is 0.600. The molecule has 2 saturated heterocycles. The Labute approximate surface area is 149 Å². The Kier molecular flexibility index (Phi) is 6.08. The summed E-state index contributed by atoms with van der Waals surface area (Å²) < 4.78 is 5.48. The van der Waals surface area contributed by atoms with Crippen LogP contribution in [0.25, 0.3) is 0 Å². The van der Waals surface area contributed by atoms with Gasteiger partial charge in [0, 0.05) is 12.6 Å². The zero-order valence-electron chi connectivity index (χ0n) is 15.0. The van der Waals surface area contributed by atoms with Crippen molar-refractivity contribution < 1.29 is 14.3 Å². The molecule has 5 nitrogen and oxygen atoms in total. The third kappa shape index (κ3) is 4.60. The van der Waals surface area contributed by atoms with Crippen LogP contribution in [0.1, 0.15) is 44.6 Å². The van der Waals surface area contributed by atoms with E-state index in [1.807, 2.05) is 40.1 Å². The van der Waals surface area contributed by atoms with Gasteiger partial charge in [0.15, 0.2) is 0 Å². The number of nitrogens with zero attached hydrogens (tertiary/aromatic N) is 2. The Hall–Kier alpha value is -1.88. The van der Waals surface area contributed by atoms with Gasteiger partial charge in [-0.2, -0.15) is 0 Å². The number of rotatable bonds is 5. The van der Waals surface area contributed by atoms with Gasteiger partial charge in [0.2, 0.25) is 5.91 Å². The van der Waals surface area contributed by atoms with Crippen molar-refractivity contribution in [1.29, 1.82) is 0 Å². The summed E-state index contributed by atoms with van der Waals surface area (Å²) in [5.74, 6) is -0.0594. The third-order valence-corrected chi connectivity index (χ3v) is 5.32. The molecule has 2 aliphatic heterocycles. The van der Waals surface area contributed by atoms with E-state index in [4.69, 9.17) is 4.74 Å². The number of hydrogen-bond acceptors (Lipinski definition) is 4. The first-order valence-corrected chi connectivity index (χ1v) is 9.39. The maximum Gasteiger partial charge on any atom is 0.323 e. The Morgan fingerprint density at radius 1 is 1.08 bits per heavy atom. The Bertz CT molecular complexity index is 590. The molecule has 0 N–H and O–H groups in total. The van der Waals surface area contributed by atoms with Crippen molar-refractivity contribution in [3.05, 3.63) is 35.9 Å². The first-order valence-electron chi connectivity index (χ1n) is 9.39. The van der Waals surface area contributed by atoms with Gasteiger partial charge in [0.25, 0.3) is 0 Å². The first kappa shape index (κ1) is 17.9. The van der Waals surface area contributed by atoms with E-state index in [-0.39, 0.29) is 17.9 Å². The minimum absolute atomic E-state index is 0.148. The molecule has 2 unspecified atom stereocenters.